The van der Waals surface area contributed by atoms with Crippen LogP contribution in [0.1, 0.15) is 26.3 Å². The molecule has 0 aliphatic rings. The first-order chi connectivity index (χ1) is 8.40. The van der Waals surface area contributed by atoms with E-state index < -0.39 is 5.54 Å². The summed E-state index contributed by atoms with van der Waals surface area (Å²) in [6.45, 7) is 6.49. The number of thioether (sulfide) groups is 1. The SMILES string of the molecule is CSc1ccc(CNC(C)(C(N)=O)C(C)C)cc1. The molecular formula is C14H22N2OS. The van der Waals surface area contributed by atoms with Crippen molar-refractivity contribution >= 4 is 17.7 Å². The zero-order chi connectivity index (χ0) is 13.8. The van der Waals surface area contributed by atoms with E-state index in [2.05, 4.69) is 35.8 Å². The molecule has 1 atom stereocenters. The Morgan fingerprint density at radius 2 is 1.94 bits per heavy atom. The first-order valence-electron chi connectivity index (χ1n) is 6.08. The summed E-state index contributed by atoms with van der Waals surface area (Å²) in [7, 11) is 0. The van der Waals surface area contributed by atoms with Crippen LogP contribution in [0.3, 0.4) is 0 Å². The molecule has 1 rings (SSSR count). The molecule has 1 aromatic rings. The van der Waals surface area contributed by atoms with Crippen LogP contribution < -0.4 is 11.1 Å². The summed E-state index contributed by atoms with van der Waals surface area (Å²) in [6, 6.07) is 8.30. The minimum Gasteiger partial charge on any atom is -0.368 e. The summed E-state index contributed by atoms with van der Waals surface area (Å²) in [5.41, 5.74) is 5.96. The standard InChI is InChI=1S/C14H22N2OS/c1-10(2)14(3,13(15)17)16-9-11-5-7-12(18-4)8-6-11/h5-8,10,16H,9H2,1-4H3,(H2,15,17). The quantitative estimate of drug-likeness (QED) is 0.777. The Bertz CT molecular complexity index is 403. The lowest BCUT2D eigenvalue weighted by Crippen LogP contribution is -2.56. The van der Waals surface area contributed by atoms with Crippen molar-refractivity contribution in [3.63, 3.8) is 0 Å². The number of rotatable bonds is 6. The van der Waals surface area contributed by atoms with Crippen LogP contribution in [0.4, 0.5) is 0 Å². The van der Waals surface area contributed by atoms with E-state index >= 15 is 0 Å². The van der Waals surface area contributed by atoms with Crippen LogP contribution in [0, 0.1) is 5.92 Å². The van der Waals surface area contributed by atoms with Gasteiger partial charge in [0.1, 0.15) is 0 Å². The van der Waals surface area contributed by atoms with Crippen LogP contribution in [0.15, 0.2) is 29.2 Å². The molecule has 1 aromatic carbocycles. The molecule has 0 saturated heterocycles. The maximum Gasteiger partial charge on any atom is 0.237 e. The fourth-order valence-corrected chi connectivity index (χ4v) is 2.01. The first kappa shape index (κ1) is 15.1. The fraction of sp³-hybridized carbons (Fsp3) is 0.500. The number of hydrogen-bond acceptors (Lipinski definition) is 3. The molecule has 0 radical (unpaired) electrons. The van der Waals surface area contributed by atoms with Crippen LogP contribution in [0.2, 0.25) is 0 Å². The number of carbonyl (C=O) groups is 1. The molecule has 0 aliphatic carbocycles. The molecule has 3 N–H and O–H groups in total. The molecule has 4 heteroatoms. The molecule has 0 aromatic heterocycles. The number of hydrogen-bond donors (Lipinski definition) is 2. The number of nitrogens with two attached hydrogens (primary N) is 1. The second-order valence-corrected chi connectivity index (χ2v) is 5.80. The molecule has 0 heterocycles. The Labute approximate surface area is 114 Å². The Morgan fingerprint density at radius 1 is 1.39 bits per heavy atom. The van der Waals surface area contributed by atoms with Gasteiger partial charge in [0, 0.05) is 11.4 Å². The lowest BCUT2D eigenvalue weighted by Gasteiger charge is -2.31. The van der Waals surface area contributed by atoms with E-state index in [1.54, 1.807) is 11.8 Å². The van der Waals surface area contributed by atoms with Crippen molar-refractivity contribution in [2.75, 3.05) is 6.26 Å². The molecule has 100 valence electrons. The van der Waals surface area contributed by atoms with E-state index in [1.165, 1.54) is 4.90 Å². The second kappa shape index (κ2) is 6.25. The average molecular weight is 266 g/mol. The maximum absolute atomic E-state index is 11.5. The van der Waals surface area contributed by atoms with Gasteiger partial charge >= 0.3 is 0 Å². The summed E-state index contributed by atoms with van der Waals surface area (Å²) in [5, 5.41) is 3.27. The van der Waals surface area contributed by atoms with Crippen molar-refractivity contribution in [1.82, 2.24) is 5.32 Å². The van der Waals surface area contributed by atoms with E-state index in [-0.39, 0.29) is 11.8 Å². The van der Waals surface area contributed by atoms with Gasteiger partial charge in [0.2, 0.25) is 5.91 Å². The van der Waals surface area contributed by atoms with E-state index in [1.807, 2.05) is 20.8 Å². The zero-order valence-corrected chi connectivity index (χ0v) is 12.3. The van der Waals surface area contributed by atoms with Crippen LogP contribution in [-0.2, 0) is 11.3 Å². The molecule has 0 fully saturated rings. The highest BCUT2D eigenvalue weighted by molar-refractivity contribution is 7.98. The smallest absolute Gasteiger partial charge is 0.237 e. The largest absolute Gasteiger partial charge is 0.368 e. The van der Waals surface area contributed by atoms with Crippen molar-refractivity contribution in [2.45, 2.75) is 37.8 Å². The zero-order valence-electron chi connectivity index (χ0n) is 11.5. The van der Waals surface area contributed by atoms with E-state index in [9.17, 15) is 4.79 Å². The summed E-state index contributed by atoms with van der Waals surface area (Å²) < 4.78 is 0. The van der Waals surface area contributed by atoms with Crippen molar-refractivity contribution in [2.24, 2.45) is 11.7 Å². The Hall–Kier alpha value is -1.00. The van der Waals surface area contributed by atoms with Gasteiger partial charge in [0.15, 0.2) is 0 Å². The van der Waals surface area contributed by atoms with E-state index in [0.29, 0.717) is 6.54 Å². The van der Waals surface area contributed by atoms with Crippen LogP contribution in [0.25, 0.3) is 0 Å². The van der Waals surface area contributed by atoms with Crippen molar-refractivity contribution < 1.29 is 4.79 Å². The molecule has 0 spiro atoms. The van der Waals surface area contributed by atoms with Gasteiger partial charge in [-0.3, -0.25) is 10.1 Å². The molecule has 0 aliphatic heterocycles. The predicted molar refractivity (Wildman–Crippen MR) is 77.5 cm³/mol. The molecule has 18 heavy (non-hydrogen) atoms. The number of benzene rings is 1. The third-order valence-corrected chi connectivity index (χ3v) is 4.23. The van der Waals surface area contributed by atoms with Gasteiger partial charge < -0.3 is 5.73 Å². The van der Waals surface area contributed by atoms with Gasteiger partial charge in [0.25, 0.3) is 0 Å². The highest BCUT2D eigenvalue weighted by Gasteiger charge is 2.33. The maximum atomic E-state index is 11.5. The van der Waals surface area contributed by atoms with Crippen LogP contribution in [0.5, 0.6) is 0 Å². The number of carbonyl (C=O) groups excluding carboxylic acids is 1. The van der Waals surface area contributed by atoms with E-state index in [4.69, 9.17) is 5.73 Å². The topological polar surface area (TPSA) is 55.1 Å². The van der Waals surface area contributed by atoms with Crippen molar-refractivity contribution in [3.8, 4) is 0 Å². The minimum absolute atomic E-state index is 0.153. The summed E-state index contributed by atoms with van der Waals surface area (Å²) >= 11 is 1.72. The lowest BCUT2D eigenvalue weighted by atomic mass is 9.87. The van der Waals surface area contributed by atoms with Gasteiger partial charge in [-0.2, -0.15) is 0 Å². The van der Waals surface area contributed by atoms with Gasteiger partial charge in [-0.25, -0.2) is 0 Å². The van der Waals surface area contributed by atoms with Crippen molar-refractivity contribution in [3.05, 3.63) is 29.8 Å². The van der Waals surface area contributed by atoms with Gasteiger partial charge in [-0.05, 0) is 36.8 Å². The fourth-order valence-electron chi connectivity index (χ4n) is 1.60. The molecular weight excluding hydrogens is 244 g/mol. The highest BCUT2D eigenvalue weighted by Crippen LogP contribution is 2.18. The van der Waals surface area contributed by atoms with E-state index in [0.717, 1.165) is 5.56 Å². The van der Waals surface area contributed by atoms with Gasteiger partial charge in [-0.1, -0.05) is 26.0 Å². The summed E-state index contributed by atoms with van der Waals surface area (Å²) in [5.74, 6) is -0.154. The molecule has 3 nitrogen and oxygen atoms in total. The average Bonchev–Trinajstić information content (AvgIpc) is 2.36. The number of nitrogens with one attached hydrogen (secondary N) is 1. The van der Waals surface area contributed by atoms with Crippen molar-refractivity contribution in [1.29, 1.82) is 0 Å². The summed E-state index contributed by atoms with van der Waals surface area (Å²) in [6.07, 6.45) is 2.05. The number of primary amides is 1. The molecule has 1 amide bonds. The normalized spacial score (nSPS) is 14.5. The van der Waals surface area contributed by atoms with Gasteiger partial charge in [-0.15, -0.1) is 11.8 Å². The first-order valence-corrected chi connectivity index (χ1v) is 7.30. The third kappa shape index (κ3) is 3.50. The van der Waals surface area contributed by atoms with Crippen LogP contribution in [-0.4, -0.2) is 17.7 Å². The second-order valence-electron chi connectivity index (χ2n) is 4.92. The number of amides is 1. The Kier molecular flexibility index (Phi) is 5.23. The monoisotopic (exact) mass is 266 g/mol. The lowest BCUT2D eigenvalue weighted by molar-refractivity contribution is -0.125. The minimum atomic E-state index is -0.668. The molecule has 1 unspecified atom stereocenters. The third-order valence-electron chi connectivity index (χ3n) is 3.49. The van der Waals surface area contributed by atoms with Crippen LogP contribution >= 0.6 is 11.8 Å². The Balaban J connectivity index is 2.70. The highest BCUT2D eigenvalue weighted by atomic mass is 32.2. The Morgan fingerprint density at radius 3 is 2.33 bits per heavy atom. The van der Waals surface area contributed by atoms with Gasteiger partial charge in [0.05, 0.1) is 5.54 Å². The summed E-state index contributed by atoms with van der Waals surface area (Å²) in [4.78, 5) is 12.8. The molecule has 0 bridgehead atoms. The molecule has 0 saturated carbocycles. The predicted octanol–water partition coefficient (Wildman–Crippen LogP) is 2.40.